The van der Waals surface area contributed by atoms with Crippen LogP contribution in [0.15, 0.2) is 53.4 Å². The van der Waals surface area contributed by atoms with Crippen molar-refractivity contribution in [1.82, 2.24) is 0 Å². The molecule has 0 amide bonds. The van der Waals surface area contributed by atoms with Crippen LogP contribution < -0.4 is 9.62 Å². The van der Waals surface area contributed by atoms with E-state index in [2.05, 4.69) is 9.62 Å². The SMILES string of the molecule is COC1CCN(c2ccc(NS(=O)(=O)c3cccc(Cl)c3)cc2)CC1. The standard InChI is InChI=1S/C18H21ClN2O3S/c1-24-17-9-11-21(12-10-17)16-7-5-15(6-8-16)20-25(22,23)18-4-2-3-14(19)13-18/h2-8,13,17,20H,9-12H2,1H3. The van der Waals surface area contributed by atoms with Crippen molar-refractivity contribution >= 4 is 33.0 Å². The fourth-order valence-electron chi connectivity index (χ4n) is 2.94. The third-order valence-electron chi connectivity index (χ3n) is 4.37. The summed E-state index contributed by atoms with van der Waals surface area (Å²) in [6.45, 7) is 1.87. The topological polar surface area (TPSA) is 58.6 Å². The van der Waals surface area contributed by atoms with E-state index in [1.54, 1.807) is 31.4 Å². The van der Waals surface area contributed by atoms with Gasteiger partial charge in [-0.2, -0.15) is 0 Å². The number of ether oxygens (including phenoxy) is 1. The lowest BCUT2D eigenvalue weighted by molar-refractivity contribution is 0.0819. The van der Waals surface area contributed by atoms with Crippen LogP contribution in [0.2, 0.25) is 5.02 Å². The van der Waals surface area contributed by atoms with Crippen molar-refractivity contribution in [1.29, 1.82) is 0 Å². The molecule has 2 aromatic carbocycles. The maximum absolute atomic E-state index is 12.4. The third kappa shape index (κ3) is 4.45. The number of methoxy groups -OCH3 is 1. The molecular formula is C18H21ClN2O3S. The van der Waals surface area contributed by atoms with Crippen LogP contribution in [-0.2, 0) is 14.8 Å². The minimum Gasteiger partial charge on any atom is -0.381 e. The van der Waals surface area contributed by atoms with E-state index in [4.69, 9.17) is 16.3 Å². The first kappa shape index (κ1) is 18.0. The predicted molar refractivity (Wildman–Crippen MR) is 101 cm³/mol. The first-order chi connectivity index (χ1) is 12.0. The molecule has 1 fully saturated rings. The second-order valence-corrected chi connectivity index (χ2v) is 8.15. The number of benzene rings is 2. The molecule has 2 aromatic rings. The normalized spacial score (nSPS) is 16.0. The Morgan fingerprint density at radius 3 is 2.40 bits per heavy atom. The van der Waals surface area contributed by atoms with Crippen molar-refractivity contribution in [3.8, 4) is 0 Å². The number of anilines is 2. The third-order valence-corrected chi connectivity index (χ3v) is 5.98. The molecule has 1 aliphatic rings. The summed E-state index contributed by atoms with van der Waals surface area (Å²) in [4.78, 5) is 2.43. The molecule has 0 atom stereocenters. The highest BCUT2D eigenvalue weighted by Crippen LogP contribution is 2.24. The molecule has 3 rings (SSSR count). The highest BCUT2D eigenvalue weighted by Gasteiger charge is 2.19. The van der Waals surface area contributed by atoms with Crippen LogP contribution in [0.1, 0.15) is 12.8 Å². The number of halogens is 1. The molecule has 1 heterocycles. The number of piperidine rings is 1. The van der Waals surface area contributed by atoms with E-state index in [-0.39, 0.29) is 4.90 Å². The number of nitrogens with one attached hydrogen (secondary N) is 1. The number of hydrogen-bond acceptors (Lipinski definition) is 4. The van der Waals surface area contributed by atoms with Crippen LogP contribution in [0.5, 0.6) is 0 Å². The molecule has 0 saturated carbocycles. The van der Waals surface area contributed by atoms with E-state index in [0.717, 1.165) is 31.6 Å². The van der Waals surface area contributed by atoms with Crippen molar-refractivity contribution in [2.75, 3.05) is 29.8 Å². The molecule has 134 valence electrons. The average molecular weight is 381 g/mol. The van der Waals surface area contributed by atoms with E-state index < -0.39 is 10.0 Å². The summed E-state index contributed by atoms with van der Waals surface area (Å²) in [6.07, 6.45) is 2.33. The van der Waals surface area contributed by atoms with Crippen LogP contribution in [0.4, 0.5) is 11.4 Å². The van der Waals surface area contributed by atoms with Gasteiger partial charge in [-0.15, -0.1) is 0 Å². The largest absolute Gasteiger partial charge is 0.381 e. The Bertz CT molecular complexity index is 816. The van der Waals surface area contributed by atoms with E-state index in [9.17, 15) is 8.42 Å². The van der Waals surface area contributed by atoms with Crippen molar-refractivity contribution in [3.63, 3.8) is 0 Å². The molecule has 0 aliphatic carbocycles. The Hall–Kier alpha value is -1.76. The molecule has 0 aromatic heterocycles. The van der Waals surface area contributed by atoms with E-state index >= 15 is 0 Å². The van der Waals surface area contributed by atoms with Gasteiger partial charge in [0.1, 0.15) is 0 Å². The average Bonchev–Trinajstić information content (AvgIpc) is 2.62. The van der Waals surface area contributed by atoms with E-state index in [1.165, 1.54) is 12.1 Å². The molecule has 7 heteroatoms. The van der Waals surface area contributed by atoms with Crippen LogP contribution in [0.3, 0.4) is 0 Å². The van der Waals surface area contributed by atoms with Crippen molar-refractivity contribution in [2.45, 2.75) is 23.8 Å². The Balaban J connectivity index is 1.68. The van der Waals surface area contributed by atoms with Gasteiger partial charge in [0.05, 0.1) is 11.0 Å². The molecule has 0 unspecified atom stereocenters. The lowest BCUT2D eigenvalue weighted by atomic mass is 10.1. The molecule has 1 aliphatic heterocycles. The minimum absolute atomic E-state index is 0.144. The summed E-state index contributed by atoms with van der Waals surface area (Å²) in [5.74, 6) is 0. The minimum atomic E-state index is -3.65. The Morgan fingerprint density at radius 2 is 1.80 bits per heavy atom. The van der Waals surface area contributed by atoms with Gasteiger partial charge in [0.25, 0.3) is 10.0 Å². The van der Waals surface area contributed by atoms with E-state index in [1.807, 2.05) is 12.1 Å². The summed E-state index contributed by atoms with van der Waals surface area (Å²) in [6, 6.07) is 13.6. The van der Waals surface area contributed by atoms with Crippen molar-refractivity contribution in [3.05, 3.63) is 53.6 Å². The number of nitrogens with zero attached hydrogens (tertiary/aromatic N) is 1. The van der Waals surface area contributed by atoms with Gasteiger partial charge in [-0.3, -0.25) is 4.72 Å². The number of rotatable bonds is 5. The zero-order valence-corrected chi connectivity index (χ0v) is 15.6. The Labute approximate surface area is 153 Å². The quantitative estimate of drug-likeness (QED) is 0.858. The molecular weight excluding hydrogens is 360 g/mol. The number of sulfonamides is 1. The van der Waals surface area contributed by atoms with Gasteiger partial charge >= 0.3 is 0 Å². The predicted octanol–water partition coefficient (Wildman–Crippen LogP) is 3.76. The van der Waals surface area contributed by atoms with Crippen LogP contribution in [0, 0.1) is 0 Å². The van der Waals surface area contributed by atoms with Gasteiger partial charge in [0, 0.05) is 36.6 Å². The number of hydrogen-bond donors (Lipinski definition) is 1. The molecule has 1 saturated heterocycles. The Kier molecular flexibility index (Phi) is 5.51. The molecule has 0 bridgehead atoms. The first-order valence-electron chi connectivity index (χ1n) is 8.14. The summed E-state index contributed by atoms with van der Waals surface area (Å²) >= 11 is 5.87. The molecule has 25 heavy (non-hydrogen) atoms. The second-order valence-electron chi connectivity index (χ2n) is 6.03. The lowest BCUT2D eigenvalue weighted by Crippen LogP contribution is -2.36. The summed E-state index contributed by atoms with van der Waals surface area (Å²) in [5, 5.41) is 0.387. The van der Waals surface area contributed by atoms with Crippen LogP contribution in [0.25, 0.3) is 0 Å². The van der Waals surface area contributed by atoms with Gasteiger partial charge in [-0.25, -0.2) is 8.42 Å². The smallest absolute Gasteiger partial charge is 0.261 e. The van der Waals surface area contributed by atoms with E-state index in [0.29, 0.717) is 16.8 Å². The van der Waals surface area contributed by atoms with Gasteiger partial charge < -0.3 is 9.64 Å². The van der Waals surface area contributed by atoms with Crippen molar-refractivity contribution < 1.29 is 13.2 Å². The maximum atomic E-state index is 12.4. The second kappa shape index (κ2) is 7.64. The molecule has 1 N–H and O–H groups in total. The van der Waals surface area contributed by atoms with Gasteiger partial charge in [0.2, 0.25) is 0 Å². The van der Waals surface area contributed by atoms with Crippen molar-refractivity contribution in [2.24, 2.45) is 0 Å². The van der Waals surface area contributed by atoms with Gasteiger partial charge in [-0.05, 0) is 55.3 Å². The van der Waals surface area contributed by atoms with Gasteiger partial charge in [0.15, 0.2) is 0 Å². The molecule has 5 nitrogen and oxygen atoms in total. The highest BCUT2D eigenvalue weighted by molar-refractivity contribution is 7.92. The maximum Gasteiger partial charge on any atom is 0.261 e. The summed E-state index contributed by atoms with van der Waals surface area (Å²) in [5.41, 5.74) is 1.61. The van der Waals surface area contributed by atoms with Gasteiger partial charge in [-0.1, -0.05) is 17.7 Å². The van der Waals surface area contributed by atoms with Crippen LogP contribution in [-0.4, -0.2) is 34.7 Å². The summed E-state index contributed by atoms with van der Waals surface area (Å²) in [7, 11) is -1.90. The zero-order valence-electron chi connectivity index (χ0n) is 14.0. The highest BCUT2D eigenvalue weighted by atomic mass is 35.5. The lowest BCUT2D eigenvalue weighted by Gasteiger charge is -2.33. The molecule has 0 radical (unpaired) electrons. The van der Waals surface area contributed by atoms with Crippen LogP contribution >= 0.6 is 11.6 Å². The first-order valence-corrected chi connectivity index (χ1v) is 10.0. The zero-order chi connectivity index (χ0) is 17.9. The fraction of sp³-hybridized carbons (Fsp3) is 0.333. The Morgan fingerprint density at radius 1 is 1.12 bits per heavy atom. The fourth-order valence-corrected chi connectivity index (χ4v) is 4.30. The molecule has 0 spiro atoms. The summed E-state index contributed by atoms with van der Waals surface area (Å²) < 4.78 is 32.8. The monoisotopic (exact) mass is 380 g/mol.